The molecule has 14 heteroatoms. The van der Waals surface area contributed by atoms with Crippen molar-refractivity contribution >= 4 is 35.1 Å². The highest BCUT2D eigenvalue weighted by atomic mass is 35.5. The molecule has 0 radical (unpaired) electrons. The van der Waals surface area contributed by atoms with Crippen LogP contribution in [0.3, 0.4) is 0 Å². The number of nitrogens with zero attached hydrogens (tertiary/aromatic N) is 1. The average molecular weight is 651 g/mol. The minimum absolute atomic E-state index is 0.0897. The number of alkyl halides is 2. The zero-order valence-corrected chi connectivity index (χ0v) is 25.0. The Morgan fingerprint density at radius 3 is 2.16 bits per heavy atom. The molecular weight excluding hydrogens is 625 g/mol. The van der Waals surface area contributed by atoms with Crippen molar-refractivity contribution < 1.29 is 41.1 Å². The molecule has 0 spiro atoms. The van der Waals surface area contributed by atoms with Crippen LogP contribution in [0.25, 0.3) is 11.1 Å². The fraction of sp³-hybridized carbons (Fsp3) is 0.138. The van der Waals surface area contributed by atoms with E-state index in [9.17, 15) is 26.6 Å². The zero-order valence-electron chi connectivity index (χ0n) is 22.5. The molecule has 4 aromatic carbocycles. The van der Waals surface area contributed by atoms with E-state index in [1.165, 1.54) is 25.3 Å². The number of hydrogen-bond donors (Lipinski definition) is 3. The SMILES string of the molecule is COc1ccccc1S(=O)(=O)N(Cc1ccc(-c2cccc(C(N)=O)c2)cc1)Cc1ccc(C(F)(F)P(=O)(O)O)c(Cl)c1. The van der Waals surface area contributed by atoms with Gasteiger partial charge in [0.2, 0.25) is 15.9 Å². The van der Waals surface area contributed by atoms with E-state index >= 15 is 0 Å². The molecule has 0 unspecified atom stereocenters. The lowest BCUT2D eigenvalue weighted by atomic mass is 10.0. The molecule has 43 heavy (non-hydrogen) atoms. The topological polar surface area (TPSA) is 147 Å². The van der Waals surface area contributed by atoms with Crippen molar-refractivity contribution in [2.24, 2.45) is 5.73 Å². The minimum Gasteiger partial charge on any atom is -0.495 e. The Kier molecular flexibility index (Phi) is 9.41. The van der Waals surface area contributed by atoms with Crippen LogP contribution in [-0.4, -0.2) is 35.5 Å². The number of hydrogen-bond acceptors (Lipinski definition) is 5. The van der Waals surface area contributed by atoms with Crippen molar-refractivity contribution in [2.75, 3.05) is 7.11 Å². The number of amides is 1. The third-order valence-corrected chi connectivity index (χ3v) is 9.68. The highest BCUT2D eigenvalue weighted by molar-refractivity contribution is 7.89. The lowest BCUT2D eigenvalue weighted by Crippen LogP contribution is -2.30. The first-order valence-corrected chi connectivity index (χ1v) is 15.9. The molecule has 0 heterocycles. The third kappa shape index (κ3) is 6.96. The van der Waals surface area contributed by atoms with Gasteiger partial charge in [-0.05, 0) is 52.6 Å². The van der Waals surface area contributed by atoms with Crippen molar-refractivity contribution in [2.45, 2.75) is 23.6 Å². The number of sulfonamides is 1. The van der Waals surface area contributed by atoms with Crippen LogP contribution >= 0.6 is 19.2 Å². The van der Waals surface area contributed by atoms with Crippen LogP contribution in [-0.2, 0) is 33.3 Å². The van der Waals surface area contributed by atoms with E-state index in [-0.39, 0.29) is 29.3 Å². The second kappa shape index (κ2) is 12.5. The molecule has 0 aliphatic heterocycles. The Morgan fingerprint density at radius 2 is 1.56 bits per heavy atom. The van der Waals surface area contributed by atoms with Crippen LogP contribution in [0.2, 0.25) is 5.02 Å². The first-order chi connectivity index (χ1) is 20.1. The number of rotatable bonds is 11. The second-order valence-electron chi connectivity index (χ2n) is 9.47. The molecule has 0 fully saturated rings. The van der Waals surface area contributed by atoms with Gasteiger partial charge in [-0.2, -0.15) is 13.1 Å². The fourth-order valence-corrected chi connectivity index (χ4v) is 6.79. The standard InChI is InChI=1S/C29H26ClF2N2O7PS/c1-41-26-7-2-3-8-27(26)43(39,40)34(18-20-11-14-24(25(30)15-20)29(31,32)42(36,37)38)17-19-9-12-21(13-10-19)22-5-4-6-23(16-22)28(33)35/h2-16H,17-18H2,1H3,(H2,33,35)(H2,36,37,38). The van der Waals surface area contributed by atoms with Gasteiger partial charge in [-0.15, -0.1) is 0 Å². The summed E-state index contributed by atoms with van der Waals surface area (Å²) in [6.45, 7) is -0.482. The van der Waals surface area contributed by atoms with E-state index in [0.29, 0.717) is 11.1 Å². The number of primary amides is 1. The quantitative estimate of drug-likeness (QED) is 0.176. The molecule has 0 saturated heterocycles. The van der Waals surface area contributed by atoms with Gasteiger partial charge in [-0.1, -0.05) is 72.3 Å². The van der Waals surface area contributed by atoms with E-state index < -0.39 is 39.8 Å². The molecule has 9 nitrogen and oxygen atoms in total. The Morgan fingerprint density at radius 1 is 0.930 bits per heavy atom. The van der Waals surface area contributed by atoms with E-state index in [2.05, 4.69) is 0 Å². The number of methoxy groups -OCH3 is 1. The van der Waals surface area contributed by atoms with Crippen molar-refractivity contribution in [1.29, 1.82) is 0 Å². The molecule has 4 aromatic rings. The summed E-state index contributed by atoms with van der Waals surface area (Å²) in [5.41, 5.74) is 2.33. The molecule has 0 aromatic heterocycles. The number of halogens is 3. The van der Waals surface area contributed by atoms with Crippen molar-refractivity contribution in [3.05, 3.63) is 118 Å². The van der Waals surface area contributed by atoms with Gasteiger partial charge >= 0.3 is 13.3 Å². The monoisotopic (exact) mass is 650 g/mol. The number of benzene rings is 4. The van der Waals surface area contributed by atoms with Crippen molar-refractivity contribution in [3.8, 4) is 16.9 Å². The molecule has 4 rings (SSSR count). The van der Waals surface area contributed by atoms with Gasteiger partial charge in [0.15, 0.2) is 0 Å². The zero-order chi connectivity index (χ0) is 31.6. The Hall–Kier alpha value is -3.64. The highest BCUT2D eigenvalue weighted by Crippen LogP contribution is 2.60. The average Bonchev–Trinajstić information content (AvgIpc) is 2.96. The number of carbonyl (C=O) groups excluding carboxylic acids is 1. The normalized spacial score (nSPS) is 12.3. The van der Waals surface area contributed by atoms with Crippen molar-refractivity contribution in [3.63, 3.8) is 0 Å². The van der Waals surface area contributed by atoms with E-state index in [0.717, 1.165) is 33.6 Å². The fourth-order valence-electron chi connectivity index (χ4n) is 4.32. The van der Waals surface area contributed by atoms with E-state index in [1.54, 1.807) is 54.6 Å². The van der Waals surface area contributed by atoms with Gasteiger partial charge in [-0.25, -0.2) is 8.42 Å². The molecular formula is C29H26ClF2N2O7PS. The lowest BCUT2D eigenvalue weighted by molar-refractivity contribution is 0.0565. The largest absolute Gasteiger partial charge is 0.495 e. The molecule has 0 saturated carbocycles. The molecule has 0 aliphatic rings. The summed E-state index contributed by atoms with van der Waals surface area (Å²) >= 11 is 6.01. The maximum absolute atomic E-state index is 14.3. The number of para-hydroxylation sites is 1. The maximum Gasteiger partial charge on any atom is 0.399 e. The van der Waals surface area contributed by atoms with Gasteiger partial charge in [-0.3, -0.25) is 9.36 Å². The molecule has 0 atom stereocenters. The summed E-state index contributed by atoms with van der Waals surface area (Å²) < 4.78 is 74.2. The summed E-state index contributed by atoms with van der Waals surface area (Å²) in [6, 6.07) is 22.5. The lowest BCUT2D eigenvalue weighted by Gasteiger charge is -2.24. The van der Waals surface area contributed by atoms with Gasteiger partial charge < -0.3 is 20.3 Å². The van der Waals surface area contributed by atoms with Crippen LogP contribution in [0.15, 0.2) is 95.9 Å². The number of carbonyl (C=O) groups is 1. The summed E-state index contributed by atoms with van der Waals surface area (Å²) in [7, 11) is -8.80. The van der Waals surface area contributed by atoms with Gasteiger partial charge in [0.1, 0.15) is 10.6 Å². The van der Waals surface area contributed by atoms with Crippen molar-refractivity contribution in [1.82, 2.24) is 4.31 Å². The molecule has 0 bridgehead atoms. The van der Waals surface area contributed by atoms with Crippen LogP contribution in [0.4, 0.5) is 8.78 Å². The van der Waals surface area contributed by atoms with Crippen LogP contribution in [0.5, 0.6) is 5.75 Å². The molecule has 1 amide bonds. The van der Waals surface area contributed by atoms with E-state index in [1.807, 2.05) is 0 Å². The molecule has 226 valence electrons. The number of nitrogens with two attached hydrogens (primary N) is 1. The van der Waals surface area contributed by atoms with Gasteiger partial charge in [0, 0.05) is 18.7 Å². The van der Waals surface area contributed by atoms with Gasteiger partial charge in [0.25, 0.3) is 0 Å². The first kappa shape index (κ1) is 32.3. The first-order valence-electron chi connectivity index (χ1n) is 12.5. The second-order valence-corrected chi connectivity index (χ2v) is 13.4. The van der Waals surface area contributed by atoms with Crippen LogP contribution in [0, 0.1) is 0 Å². The predicted octanol–water partition coefficient (Wildman–Crippen LogP) is 5.73. The summed E-state index contributed by atoms with van der Waals surface area (Å²) in [5.74, 6) is -0.485. The smallest absolute Gasteiger partial charge is 0.399 e. The Balaban J connectivity index is 1.71. The minimum atomic E-state index is -5.88. The predicted molar refractivity (Wildman–Crippen MR) is 157 cm³/mol. The molecule has 4 N–H and O–H groups in total. The highest BCUT2D eigenvalue weighted by Gasteiger charge is 2.51. The summed E-state index contributed by atoms with van der Waals surface area (Å²) in [4.78, 5) is 29.6. The Labute approximate surface area is 251 Å². The van der Waals surface area contributed by atoms with E-state index in [4.69, 9.17) is 31.9 Å². The molecule has 0 aliphatic carbocycles. The summed E-state index contributed by atoms with van der Waals surface area (Å²) in [6.07, 6.45) is 0. The number of ether oxygens (including phenoxy) is 1. The Bertz CT molecular complexity index is 1820. The summed E-state index contributed by atoms with van der Waals surface area (Å²) in [5, 5.41) is -0.636. The van der Waals surface area contributed by atoms with Gasteiger partial charge in [0.05, 0.1) is 17.7 Å². The third-order valence-electron chi connectivity index (χ3n) is 6.56. The maximum atomic E-state index is 14.3. The van der Waals surface area contributed by atoms with Crippen LogP contribution in [0.1, 0.15) is 27.0 Å². The van der Waals surface area contributed by atoms with Crippen LogP contribution < -0.4 is 10.5 Å².